The van der Waals surface area contributed by atoms with Crippen molar-refractivity contribution in [2.75, 3.05) is 13.7 Å². The van der Waals surface area contributed by atoms with Crippen molar-refractivity contribution in [2.45, 2.75) is 26.5 Å². The number of methoxy groups -OCH3 is 1. The Morgan fingerprint density at radius 2 is 2.31 bits per heavy atom. The van der Waals surface area contributed by atoms with Gasteiger partial charge in [-0.3, -0.25) is 0 Å². The third-order valence-corrected chi connectivity index (χ3v) is 3.31. The molecule has 0 fully saturated rings. The van der Waals surface area contributed by atoms with Crippen LogP contribution in [-0.2, 0) is 11.3 Å². The highest BCUT2D eigenvalue weighted by atomic mass is 32.1. The standard InChI is InChI=1S/C9H15N5OS/c1-4-10-6(2)8-13-14-7(5-15-3)11-12-9(14)16-8/h6,10H,4-5H2,1-3H3. The second kappa shape index (κ2) is 4.86. The lowest BCUT2D eigenvalue weighted by Crippen LogP contribution is -2.17. The second-order valence-electron chi connectivity index (χ2n) is 3.46. The Morgan fingerprint density at radius 3 is 3.00 bits per heavy atom. The largest absolute Gasteiger partial charge is 0.377 e. The lowest BCUT2D eigenvalue weighted by Gasteiger charge is -2.06. The number of nitrogens with zero attached hydrogens (tertiary/aromatic N) is 4. The van der Waals surface area contributed by atoms with Gasteiger partial charge in [0.1, 0.15) is 11.6 Å². The molecular weight excluding hydrogens is 226 g/mol. The number of aromatic nitrogens is 4. The van der Waals surface area contributed by atoms with E-state index in [2.05, 4.69) is 34.5 Å². The molecular formula is C9H15N5OS. The highest BCUT2D eigenvalue weighted by Gasteiger charge is 2.14. The molecule has 0 bridgehead atoms. The SMILES string of the molecule is CCNC(C)c1nn2c(COC)nnc2s1. The van der Waals surface area contributed by atoms with Crippen LogP contribution in [0.4, 0.5) is 0 Å². The Labute approximate surface area is 97.6 Å². The van der Waals surface area contributed by atoms with Crippen molar-refractivity contribution in [1.82, 2.24) is 25.1 Å². The summed E-state index contributed by atoms with van der Waals surface area (Å²) in [6, 6.07) is 0.243. The molecule has 2 heterocycles. The monoisotopic (exact) mass is 241 g/mol. The van der Waals surface area contributed by atoms with Crippen molar-refractivity contribution in [3.8, 4) is 0 Å². The van der Waals surface area contributed by atoms with Crippen molar-refractivity contribution in [3.63, 3.8) is 0 Å². The third-order valence-electron chi connectivity index (χ3n) is 2.23. The van der Waals surface area contributed by atoms with Crippen LogP contribution in [-0.4, -0.2) is 33.5 Å². The molecule has 1 atom stereocenters. The van der Waals surface area contributed by atoms with Gasteiger partial charge in [-0.05, 0) is 13.5 Å². The van der Waals surface area contributed by atoms with Gasteiger partial charge in [0, 0.05) is 7.11 Å². The van der Waals surface area contributed by atoms with Crippen molar-refractivity contribution in [2.24, 2.45) is 0 Å². The zero-order valence-electron chi connectivity index (χ0n) is 9.60. The second-order valence-corrected chi connectivity index (χ2v) is 4.45. The molecule has 0 aromatic carbocycles. The molecule has 7 heteroatoms. The van der Waals surface area contributed by atoms with Crippen molar-refractivity contribution >= 4 is 16.3 Å². The summed E-state index contributed by atoms with van der Waals surface area (Å²) in [6.45, 7) is 5.52. The van der Waals surface area contributed by atoms with Crippen molar-refractivity contribution in [1.29, 1.82) is 0 Å². The van der Waals surface area contributed by atoms with E-state index in [0.29, 0.717) is 6.61 Å². The zero-order valence-corrected chi connectivity index (χ0v) is 10.4. The maximum Gasteiger partial charge on any atom is 0.234 e. The minimum absolute atomic E-state index is 0.243. The van der Waals surface area contributed by atoms with Crippen LogP contribution in [0.3, 0.4) is 0 Å². The average molecular weight is 241 g/mol. The molecule has 0 saturated carbocycles. The van der Waals surface area contributed by atoms with Gasteiger partial charge in [0.25, 0.3) is 0 Å². The minimum atomic E-state index is 0.243. The number of rotatable bonds is 5. The molecule has 88 valence electrons. The summed E-state index contributed by atoms with van der Waals surface area (Å²) >= 11 is 1.55. The molecule has 6 nitrogen and oxygen atoms in total. The van der Waals surface area contributed by atoms with Gasteiger partial charge in [0.2, 0.25) is 4.96 Å². The maximum absolute atomic E-state index is 5.04. The van der Waals surface area contributed by atoms with Gasteiger partial charge in [0.05, 0.1) is 6.04 Å². The third kappa shape index (κ3) is 2.06. The van der Waals surface area contributed by atoms with Crippen LogP contribution in [0, 0.1) is 0 Å². The molecule has 0 amide bonds. The molecule has 1 unspecified atom stereocenters. The maximum atomic E-state index is 5.04. The lowest BCUT2D eigenvalue weighted by molar-refractivity contribution is 0.176. The summed E-state index contributed by atoms with van der Waals surface area (Å²) in [7, 11) is 1.63. The van der Waals surface area contributed by atoms with E-state index >= 15 is 0 Å². The summed E-state index contributed by atoms with van der Waals surface area (Å²) in [5.41, 5.74) is 0. The van der Waals surface area contributed by atoms with Gasteiger partial charge < -0.3 is 10.1 Å². The lowest BCUT2D eigenvalue weighted by atomic mass is 10.3. The number of nitrogens with one attached hydrogen (secondary N) is 1. The quantitative estimate of drug-likeness (QED) is 0.846. The molecule has 16 heavy (non-hydrogen) atoms. The number of ether oxygens (including phenoxy) is 1. The first-order valence-corrected chi connectivity index (χ1v) is 6.01. The molecule has 2 rings (SSSR count). The Hall–Kier alpha value is -1.05. The predicted octanol–water partition coefficient (Wildman–Crippen LogP) is 1.00. The summed E-state index contributed by atoms with van der Waals surface area (Å²) in [5.74, 6) is 0.740. The van der Waals surface area contributed by atoms with Gasteiger partial charge in [-0.15, -0.1) is 10.2 Å². The van der Waals surface area contributed by atoms with E-state index in [1.807, 2.05) is 0 Å². The Bertz CT molecular complexity index is 465. The normalized spacial score (nSPS) is 13.4. The van der Waals surface area contributed by atoms with Crippen molar-refractivity contribution in [3.05, 3.63) is 10.8 Å². The van der Waals surface area contributed by atoms with E-state index in [1.165, 1.54) is 0 Å². The number of hydrogen-bond acceptors (Lipinski definition) is 6. The number of fused-ring (bicyclic) bond motifs is 1. The van der Waals surface area contributed by atoms with Crippen LogP contribution in [0.15, 0.2) is 0 Å². The van der Waals surface area contributed by atoms with Crippen LogP contribution >= 0.6 is 11.3 Å². The van der Waals surface area contributed by atoms with E-state index in [9.17, 15) is 0 Å². The van der Waals surface area contributed by atoms with E-state index in [-0.39, 0.29) is 6.04 Å². The minimum Gasteiger partial charge on any atom is -0.377 e. The fourth-order valence-electron chi connectivity index (χ4n) is 1.46. The average Bonchev–Trinajstić information content (AvgIpc) is 2.81. The van der Waals surface area contributed by atoms with E-state index in [4.69, 9.17) is 4.74 Å². The molecule has 2 aromatic heterocycles. The summed E-state index contributed by atoms with van der Waals surface area (Å²) < 4.78 is 6.78. The molecule has 2 aromatic rings. The molecule has 0 spiro atoms. The molecule has 0 aliphatic carbocycles. The van der Waals surface area contributed by atoms with Gasteiger partial charge in [-0.1, -0.05) is 18.3 Å². The Balaban J connectivity index is 2.29. The topological polar surface area (TPSA) is 64.3 Å². The predicted molar refractivity (Wildman–Crippen MR) is 61.5 cm³/mol. The summed E-state index contributed by atoms with van der Waals surface area (Å²) in [4.78, 5) is 0.812. The first kappa shape index (κ1) is 11.4. The molecule has 0 saturated heterocycles. The molecule has 0 radical (unpaired) electrons. The number of hydrogen-bond donors (Lipinski definition) is 1. The van der Waals surface area contributed by atoms with E-state index < -0.39 is 0 Å². The van der Waals surface area contributed by atoms with E-state index in [1.54, 1.807) is 23.0 Å². The highest BCUT2D eigenvalue weighted by molar-refractivity contribution is 7.16. The van der Waals surface area contributed by atoms with Gasteiger partial charge in [-0.2, -0.15) is 9.61 Å². The van der Waals surface area contributed by atoms with E-state index in [0.717, 1.165) is 22.3 Å². The van der Waals surface area contributed by atoms with Crippen molar-refractivity contribution < 1.29 is 4.74 Å². The van der Waals surface area contributed by atoms with Crippen LogP contribution < -0.4 is 5.32 Å². The molecule has 1 N–H and O–H groups in total. The van der Waals surface area contributed by atoms with Gasteiger partial charge in [0.15, 0.2) is 5.82 Å². The molecule has 0 aliphatic rings. The van der Waals surface area contributed by atoms with Crippen LogP contribution in [0.1, 0.15) is 30.7 Å². The van der Waals surface area contributed by atoms with Crippen LogP contribution in [0.25, 0.3) is 4.96 Å². The molecule has 0 aliphatic heterocycles. The zero-order chi connectivity index (χ0) is 11.5. The van der Waals surface area contributed by atoms with Gasteiger partial charge >= 0.3 is 0 Å². The van der Waals surface area contributed by atoms with Gasteiger partial charge in [-0.25, -0.2) is 0 Å². The first-order valence-electron chi connectivity index (χ1n) is 5.19. The summed E-state index contributed by atoms with van der Waals surface area (Å²) in [6.07, 6.45) is 0. The van der Waals surface area contributed by atoms with Crippen LogP contribution in [0.5, 0.6) is 0 Å². The Morgan fingerprint density at radius 1 is 1.50 bits per heavy atom. The smallest absolute Gasteiger partial charge is 0.234 e. The fraction of sp³-hybridized carbons (Fsp3) is 0.667. The van der Waals surface area contributed by atoms with Crippen LogP contribution in [0.2, 0.25) is 0 Å². The first-order chi connectivity index (χ1) is 7.76. The highest BCUT2D eigenvalue weighted by Crippen LogP contribution is 2.20. The fourth-order valence-corrected chi connectivity index (χ4v) is 2.34. The summed E-state index contributed by atoms with van der Waals surface area (Å²) in [5, 5.41) is 16.9. The Kier molecular flexibility index (Phi) is 3.47.